The Balaban J connectivity index is 1.11. The highest BCUT2D eigenvalue weighted by Crippen LogP contribution is 2.63. The van der Waals surface area contributed by atoms with Crippen molar-refractivity contribution < 1.29 is 0 Å². The number of fused-ring (bicyclic) bond motifs is 12. The van der Waals surface area contributed by atoms with E-state index in [-0.39, 0.29) is 0 Å². The first kappa shape index (κ1) is 35.5. The normalized spacial score (nSPS) is 12.9. The molecule has 3 heteroatoms. The average Bonchev–Trinajstić information content (AvgIpc) is 3.82. The molecule has 0 bridgehead atoms. The molecule has 0 amide bonds. The molecular weight excluding hydrogens is 763 g/mol. The molecule has 2 aromatic heterocycles. The van der Waals surface area contributed by atoms with E-state index in [1.165, 1.54) is 44.5 Å². The van der Waals surface area contributed by atoms with Gasteiger partial charge in [0.2, 0.25) is 0 Å². The lowest BCUT2D eigenvalue weighted by atomic mass is 9.70. The highest BCUT2D eigenvalue weighted by atomic mass is 14.9. The van der Waals surface area contributed by atoms with Gasteiger partial charge < -0.3 is 0 Å². The topological polar surface area (TPSA) is 38.7 Å². The Morgan fingerprint density at radius 3 is 1.30 bits per heavy atom. The van der Waals surface area contributed by atoms with E-state index >= 15 is 0 Å². The largest absolute Gasteiger partial charge is 0.248 e. The monoisotopic (exact) mass is 799 g/mol. The van der Waals surface area contributed by atoms with Crippen molar-refractivity contribution in [2.45, 2.75) is 5.41 Å². The molecule has 63 heavy (non-hydrogen) atoms. The molecule has 9 aromatic carbocycles. The van der Waals surface area contributed by atoms with Crippen molar-refractivity contribution in [1.82, 2.24) is 15.0 Å². The molecule has 3 nitrogen and oxygen atoms in total. The van der Waals surface area contributed by atoms with Crippen LogP contribution in [0, 0.1) is 0 Å². The van der Waals surface area contributed by atoms with E-state index in [2.05, 4.69) is 212 Å². The van der Waals surface area contributed by atoms with Crippen LogP contribution in [-0.2, 0) is 5.41 Å². The fraction of sp³-hybridized carbons (Fsp3) is 0.0167. The highest BCUT2D eigenvalue weighted by molar-refractivity contribution is 6.10. The molecule has 292 valence electrons. The van der Waals surface area contributed by atoms with Crippen molar-refractivity contribution in [1.29, 1.82) is 0 Å². The van der Waals surface area contributed by atoms with Crippen LogP contribution in [0.5, 0.6) is 0 Å². The van der Waals surface area contributed by atoms with Gasteiger partial charge in [-0.05, 0) is 103 Å². The third kappa shape index (κ3) is 5.36. The predicted molar refractivity (Wildman–Crippen MR) is 258 cm³/mol. The van der Waals surface area contributed by atoms with Crippen LogP contribution < -0.4 is 0 Å². The summed E-state index contributed by atoms with van der Waals surface area (Å²) in [5.74, 6) is 0.680. The molecule has 0 unspecified atom stereocenters. The summed E-state index contributed by atoms with van der Waals surface area (Å²) in [6, 6.07) is 80.8. The fourth-order valence-corrected chi connectivity index (χ4v) is 10.5. The van der Waals surface area contributed by atoms with Gasteiger partial charge in [0.1, 0.15) is 0 Å². The standard InChI is InChI=1S/C60H37N3/c1-4-18-38(19-5-1)55-35-48(47-33-42(32-41-24-10-11-25-43(41)47)59-62-56(39-20-6-2-7-21-39)37-57(63-59)40-22-8-3-9-23-40)50-34-49-46-28-14-17-31-53(46)60(54(49)36-58(50)61-55)51-29-15-12-26-44(51)45-27-13-16-30-52(45)60/h1-37H. The second-order valence-corrected chi connectivity index (χ2v) is 16.7. The Hall–Kier alpha value is -8.27. The Kier molecular flexibility index (Phi) is 7.82. The lowest BCUT2D eigenvalue weighted by molar-refractivity contribution is 0.794. The minimum Gasteiger partial charge on any atom is -0.248 e. The summed E-state index contributed by atoms with van der Waals surface area (Å²) in [6.07, 6.45) is 0. The summed E-state index contributed by atoms with van der Waals surface area (Å²) >= 11 is 0. The summed E-state index contributed by atoms with van der Waals surface area (Å²) in [6.45, 7) is 0. The molecule has 0 saturated carbocycles. The van der Waals surface area contributed by atoms with Gasteiger partial charge in [0, 0.05) is 27.6 Å². The zero-order chi connectivity index (χ0) is 41.5. The van der Waals surface area contributed by atoms with E-state index in [0.717, 1.165) is 72.1 Å². The van der Waals surface area contributed by atoms with Crippen LogP contribution in [0.4, 0.5) is 0 Å². The maximum Gasteiger partial charge on any atom is 0.160 e. The maximum absolute atomic E-state index is 5.56. The van der Waals surface area contributed by atoms with E-state index in [4.69, 9.17) is 15.0 Å². The summed E-state index contributed by atoms with van der Waals surface area (Å²) in [4.78, 5) is 16.2. The molecule has 2 aliphatic rings. The molecule has 0 aliphatic heterocycles. The van der Waals surface area contributed by atoms with Gasteiger partial charge in [-0.25, -0.2) is 15.0 Å². The van der Waals surface area contributed by atoms with Crippen LogP contribution in [0.3, 0.4) is 0 Å². The molecule has 0 fully saturated rings. The molecular formula is C60H37N3. The van der Waals surface area contributed by atoms with Crippen molar-refractivity contribution >= 4 is 21.7 Å². The number of nitrogens with zero attached hydrogens (tertiary/aromatic N) is 3. The van der Waals surface area contributed by atoms with Gasteiger partial charge >= 0.3 is 0 Å². The summed E-state index contributed by atoms with van der Waals surface area (Å²) in [5.41, 5.74) is 19.9. The molecule has 1 spiro atoms. The van der Waals surface area contributed by atoms with Crippen molar-refractivity contribution in [3.8, 4) is 78.5 Å². The number of hydrogen-bond acceptors (Lipinski definition) is 3. The smallest absolute Gasteiger partial charge is 0.160 e. The quantitative estimate of drug-likeness (QED) is 0.174. The number of benzene rings is 9. The van der Waals surface area contributed by atoms with Gasteiger partial charge in [0.15, 0.2) is 5.82 Å². The first-order chi connectivity index (χ1) is 31.2. The molecule has 13 rings (SSSR count). The Bertz CT molecular complexity index is 3510. The molecule has 11 aromatic rings. The maximum atomic E-state index is 5.56. The number of hydrogen-bond donors (Lipinski definition) is 0. The third-order valence-electron chi connectivity index (χ3n) is 13.3. The van der Waals surface area contributed by atoms with Gasteiger partial charge in [-0.2, -0.15) is 0 Å². The minimum absolute atomic E-state index is 0.470. The zero-order valence-corrected chi connectivity index (χ0v) is 34.2. The van der Waals surface area contributed by atoms with E-state index in [0.29, 0.717) is 5.82 Å². The van der Waals surface area contributed by atoms with Gasteiger partial charge in [-0.1, -0.05) is 188 Å². The molecule has 2 heterocycles. The third-order valence-corrected chi connectivity index (χ3v) is 13.3. The minimum atomic E-state index is -0.470. The Morgan fingerprint density at radius 1 is 0.270 bits per heavy atom. The van der Waals surface area contributed by atoms with E-state index in [1.54, 1.807) is 0 Å². The molecule has 0 atom stereocenters. The van der Waals surface area contributed by atoms with Crippen LogP contribution in [0.25, 0.3) is 100 Å². The van der Waals surface area contributed by atoms with Gasteiger partial charge in [0.25, 0.3) is 0 Å². The SMILES string of the molecule is c1ccc(-c2cc(-c3ccccc3)nc(-c3cc(-c4cc(-c5ccccc5)nc5cc6c(cc45)-c4ccccc4C64c5ccccc5-c5ccccc54)c4ccccc4c3)n2)cc1. The van der Waals surface area contributed by atoms with Gasteiger partial charge in [-0.3, -0.25) is 0 Å². The van der Waals surface area contributed by atoms with Gasteiger partial charge in [0.05, 0.1) is 28.0 Å². The highest BCUT2D eigenvalue weighted by Gasteiger charge is 2.51. The second kappa shape index (κ2) is 13.9. The predicted octanol–water partition coefficient (Wildman–Crippen LogP) is 14.9. The summed E-state index contributed by atoms with van der Waals surface area (Å²) in [5, 5.41) is 3.38. The van der Waals surface area contributed by atoms with Crippen LogP contribution in [-0.4, -0.2) is 15.0 Å². The van der Waals surface area contributed by atoms with Crippen molar-refractivity contribution in [3.05, 3.63) is 247 Å². The van der Waals surface area contributed by atoms with E-state index in [1.807, 2.05) is 12.1 Å². The Labute approximate surface area is 365 Å². The van der Waals surface area contributed by atoms with Gasteiger partial charge in [-0.15, -0.1) is 0 Å². The fourth-order valence-electron chi connectivity index (χ4n) is 10.5. The van der Waals surface area contributed by atoms with Crippen molar-refractivity contribution in [3.63, 3.8) is 0 Å². The van der Waals surface area contributed by atoms with Crippen molar-refractivity contribution in [2.75, 3.05) is 0 Å². The zero-order valence-electron chi connectivity index (χ0n) is 34.2. The number of rotatable bonds is 5. The van der Waals surface area contributed by atoms with Crippen LogP contribution >= 0.6 is 0 Å². The van der Waals surface area contributed by atoms with E-state index in [9.17, 15) is 0 Å². The molecule has 2 aliphatic carbocycles. The first-order valence-corrected chi connectivity index (χ1v) is 21.6. The molecule has 0 radical (unpaired) electrons. The molecule has 0 N–H and O–H groups in total. The lowest BCUT2D eigenvalue weighted by Gasteiger charge is -2.30. The number of aromatic nitrogens is 3. The summed E-state index contributed by atoms with van der Waals surface area (Å²) < 4.78 is 0. The second-order valence-electron chi connectivity index (χ2n) is 16.7. The summed E-state index contributed by atoms with van der Waals surface area (Å²) in [7, 11) is 0. The van der Waals surface area contributed by atoms with E-state index < -0.39 is 5.41 Å². The van der Waals surface area contributed by atoms with Crippen LogP contribution in [0.1, 0.15) is 22.3 Å². The van der Waals surface area contributed by atoms with Crippen LogP contribution in [0.15, 0.2) is 224 Å². The molecule has 0 saturated heterocycles. The first-order valence-electron chi connectivity index (χ1n) is 21.6. The van der Waals surface area contributed by atoms with Crippen molar-refractivity contribution in [2.24, 2.45) is 0 Å². The number of pyridine rings is 1. The Morgan fingerprint density at radius 2 is 0.730 bits per heavy atom. The average molecular weight is 800 g/mol. The van der Waals surface area contributed by atoms with Crippen LogP contribution in [0.2, 0.25) is 0 Å². The lowest BCUT2D eigenvalue weighted by Crippen LogP contribution is -2.25.